The van der Waals surface area contributed by atoms with E-state index in [0.29, 0.717) is 50.7 Å². The molecule has 7 aromatic rings. The van der Waals surface area contributed by atoms with Gasteiger partial charge in [-0.2, -0.15) is 5.10 Å². The highest BCUT2D eigenvalue weighted by atomic mass is 32.2. The maximum Gasteiger partial charge on any atom is 0.255 e. The summed E-state index contributed by atoms with van der Waals surface area (Å²) in [6.45, 7) is 0. The summed E-state index contributed by atoms with van der Waals surface area (Å²) >= 11 is 0. The number of pyridine rings is 3. The SMILES string of the molecule is CS(=O)(=O)CCc1cc(F)cc(-c2nccc3[nH]c(-c4n[nH]c5cnc(-c6cncc(NC(=O)c7ccccc7)c6)cc45)cc23)c1. The first-order valence-corrected chi connectivity index (χ1v) is 16.4. The van der Waals surface area contributed by atoms with Gasteiger partial charge in [-0.3, -0.25) is 24.8 Å². The van der Waals surface area contributed by atoms with Crippen molar-refractivity contribution in [1.82, 2.24) is 30.1 Å². The molecule has 0 aliphatic carbocycles. The highest BCUT2D eigenvalue weighted by molar-refractivity contribution is 7.90. The van der Waals surface area contributed by atoms with Crippen LogP contribution in [0.25, 0.3) is 55.7 Å². The quantitative estimate of drug-likeness (QED) is 0.181. The van der Waals surface area contributed by atoms with Crippen molar-refractivity contribution in [2.75, 3.05) is 17.3 Å². The standard InChI is InChI=1S/C34H26FN7O3S/c1-46(44,45)10-8-20-11-22(13-24(35)12-20)32-26-16-30(40-28(26)7-9-37-32)33-27-15-29(38-19-31(27)41-42-33)23-14-25(18-36-17-23)39-34(43)21-5-3-2-4-6-21/h2-7,9,11-19,40H,8,10H2,1H3,(H,39,43)(H,41,42). The van der Waals surface area contributed by atoms with Crippen LogP contribution in [0.4, 0.5) is 10.1 Å². The second kappa shape index (κ2) is 11.6. The van der Waals surface area contributed by atoms with Crippen molar-refractivity contribution in [2.24, 2.45) is 0 Å². The van der Waals surface area contributed by atoms with Crippen LogP contribution in [0.3, 0.4) is 0 Å². The molecule has 12 heteroatoms. The van der Waals surface area contributed by atoms with E-state index in [-0.39, 0.29) is 18.1 Å². The van der Waals surface area contributed by atoms with Gasteiger partial charge in [0, 0.05) is 51.6 Å². The minimum atomic E-state index is -3.20. The summed E-state index contributed by atoms with van der Waals surface area (Å²) in [6, 6.07) is 20.9. The van der Waals surface area contributed by atoms with Gasteiger partial charge in [0.1, 0.15) is 21.3 Å². The molecule has 0 unspecified atom stereocenters. The van der Waals surface area contributed by atoms with Gasteiger partial charge < -0.3 is 10.3 Å². The molecule has 10 nitrogen and oxygen atoms in total. The van der Waals surface area contributed by atoms with Crippen molar-refractivity contribution in [3.8, 4) is 33.9 Å². The summed E-state index contributed by atoms with van der Waals surface area (Å²) in [5, 5.41) is 12.0. The van der Waals surface area contributed by atoms with Crippen LogP contribution in [0.5, 0.6) is 0 Å². The molecule has 1 amide bonds. The Kier molecular flexibility index (Phi) is 7.33. The number of aromatic amines is 2. The summed E-state index contributed by atoms with van der Waals surface area (Å²) in [5.74, 6) is -0.781. The average molecular weight is 632 g/mol. The molecule has 2 aromatic carbocycles. The Morgan fingerprint density at radius 3 is 2.52 bits per heavy atom. The molecule has 0 aliphatic rings. The molecule has 0 spiro atoms. The molecule has 0 bridgehead atoms. The number of aromatic nitrogens is 6. The number of aryl methyl sites for hydroxylation is 1. The van der Waals surface area contributed by atoms with E-state index in [1.54, 1.807) is 55.1 Å². The van der Waals surface area contributed by atoms with Crippen molar-refractivity contribution in [1.29, 1.82) is 0 Å². The molecule has 46 heavy (non-hydrogen) atoms. The van der Waals surface area contributed by atoms with Crippen molar-refractivity contribution >= 4 is 43.2 Å². The predicted octanol–water partition coefficient (Wildman–Crippen LogP) is 6.21. The van der Waals surface area contributed by atoms with Gasteiger partial charge in [-0.15, -0.1) is 0 Å². The number of anilines is 1. The number of carbonyl (C=O) groups excluding carboxylic acids is 1. The summed E-state index contributed by atoms with van der Waals surface area (Å²) in [4.78, 5) is 29.5. The maximum absolute atomic E-state index is 14.6. The third-order valence-electron chi connectivity index (χ3n) is 7.57. The van der Waals surface area contributed by atoms with E-state index in [9.17, 15) is 17.6 Å². The van der Waals surface area contributed by atoms with Crippen LogP contribution in [0, 0.1) is 5.82 Å². The molecule has 0 saturated heterocycles. The topological polar surface area (TPSA) is 146 Å². The van der Waals surface area contributed by atoms with Crippen molar-refractivity contribution < 1.29 is 17.6 Å². The Labute approximate surface area is 262 Å². The van der Waals surface area contributed by atoms with Crippen molar-refractivity contribution in [2.45, 2.75) is 6.42 Å². The van der Waals surface area contributed by atoms with Crippen LogP contribution in [-0.2, 0) is 16.3 Å². The first-order chi connectivity index (χ1) is 22.2. The number of rotatable bonds is 8. The molecule has 0 aliphatic heterocycles. The Bertz CT molecular complexity index is 2370. The number of halogens is 1. The highest BCUT2D eigenvalue weighted by Gasteiger charge is 2.17. The number of amides is 1. The third-order valence-corrected chi connectivity index (χ3v) is 8.52. The van der Waals surface area contributed by atoms with E-state index >= 15 is 0 Å². The summed E-state index contributed by atoms with van der Waals surface area (Å²) < 4.78 is 38.0. The number of carbonyl (C=O) groups is 1. The van der Waals surface area contributed by atoms with E-state index in [0.717, 1.165) is 28.1 Å². The molecule has 7 rings (SSSR count). The lowest BCUT2D eigenvalue weighted by Crippen LogP contribution is -2.11. The van der Waals surface area contributed by atoms with Gasteiger partial charge in [-0.25, -0.2) is 12.8 Å². The number of nitrogens with one attached hydrogen (secondary N) is 3. The summed E-state index contributed by atoms with van der Waals surface area (Å²) in [6.07, 6.45) is 7.95. The van der Waals surface area contributed by atoms with Crippen LogP contribution >= 0.6 is 0 Å². The van der Waals surface area contributed by atoms with E-state index in [1.807, 2.05) is 30.3 Å². The number of sulfone groups is 1. The smallest absolute Gasteiger partial charge is 0.255 e. The number of fused-ring (bicyclic) bond motifs is 2. The van der Waals surface area contributed by atoms with Gasteiger partial charge >= 0.3 is 0 Å². The largest absolute Gasteiger partial charge is 0.353 e. The first kappa shape index (κ1) is 29.0. The lowest BCUT2D eigenvalue weighted by molar-refractivity contribution is 0.102. The maximum atomic E-state index is 14.6. The summed E-state index contributed by atoms with van der Waals surface area (Å²) in [5.41, 5.74) is 6.96. The Balaban J connectivity index is 1.22. The zero-order valence-electron chi connectivity index (χ0n) is 24.5. The fraction of sp³-hybridized carbons (Fsp3) is 0.0882. The molecule has 0 radical (unpaired) electrons. The van der Waals surface area contributed by atoms with Gasteiger partial charge in [0.05, 0.1) is 46.4 Å². The number of hydrogen-bond acceptors (Lipinski definition) is 7. The van der Waals surface area contributed by atoms with E-state index < -0.39 is 15.7 Å². The molecule has 228 valence electrons. The molecular weight excluding hydrogens is 605 g/mol. The number of hydrogen-bond donors (Lipinski definition) is 3. The van der Waals surface area contributed by atoms with Crippen molar-refractivity contribution in [3.05, 3.63) is 115 Å². The van der Waals surface area contributed by atoms with Crippen LogP contribution in [0.15, 0.2) is 97.6 Å². The minimum Gasteiger partial charge on any atom is -0.353 e. The van der Waals surface area contributed by atoms with E-state index in [4.69, 9.17) is 0 Å². The van der Waals surface area contributed by atoms with Crippen LogP contribution < -0.4 is 5.32 Å². The molecular formula is C34H26FN7O3S. The fourth-order valence-electron chi connectivity index (χ4n) is 5.37. The van der Waals surface area contributed by atoms with Crippen molar-refractivity contribution in [3.63, 3.8) is 0 Å². The average Bonchev–Trinajstić information content (AvgIpc) is 3.68. The monoisotopic (exact) mass is 631 g/mol. The Hall–Kier alpha value is -5.75. The molecule has 0 saturated carbocycles. The normalized spacial score (nSPS) is 11.7. The predicted molar refractivity (Wildman–Crippen MR) is 175 cm³/mol. The molecule has 0 atom stereocenters. The van der Waals surface area contributed by atoms with Gasteiger partial charge in [0.2, 0.25) is 0 Å². The molecule has 0 fully saturated rings. The molecule has 5 aromatic heterocycles. The van der Waals surface area contributed by atoms with Gasteiger partial charge in [-0.05, 0) is 66.6 Å². The number of benzene rings is 2. The molecule has 5 heterocycles. The second-order valence-electron chi connectivity index (χ2n) is 11.0. The first-order valence-electron chi connectivity index (χ1n) is 14.3. The lowest BCUT2D eigenvalue weighted by atomic mass is 10.0. The second-order valence-corrected chi connectivity index (χ2v) is 13.3. The number of nitrogens with zero attached hydrogens (tertiary/aromatic N) is 4. The van der Waals surface area contributed by atoms with Gasteiger partial charge in [0.25, 0.3) is 5.91 Å². The minimum absolute atomic E-state index is 0.0758. The lowest BCUT2D eigenvalue weighted by Gasteiger charge is -2.07. The van der Waals surface area contributed by atoms with E-state index in [2.05, 4.69) is 35.5 Å². The Morgan fingerprint density at radius 2 is 1.70 bits per heavy atom. The Morgan fingerprint density at radius 1 is 0.870 bits per heavy atom. The van der Waals surface area contributed by atoms with Crippen LogP contribution in [-0.4, -0.2) is 56.5 Å². The van der Waals surface area contributed by atoms with Crippen LogP contribution in [0.2, 0.25) is 0 Å². The number of H-pyrrole nitrogens is 2. The zero-order chi connectivity index (χ0) is 31.8. The fourth-order valence-corrected chi connectivity index (χ4v) is 5.97. The highest BCUT2D eigenvalue weighted by Crippen LogP contribution is 2.34. The molecule has 3 N–H and O–H groups in total. The van der Waals surface area contributed by atoms with E-state index in [1.165, 1.54) is 12.1 Å². The van der Waals surface area contributed by atoms with Crippen LogP contribution in [0.1, 0.15) is 15.9 Å². The third kappa shape index (κ3) is 5.97. The van der Waals surface area contributed by atoms with Gasteiger partial charge in [-0.1, -0.05) is 18.2 Å². The van der Waals surface area contributed by atoms with Gasteiger partial charge in [0.15, 0.2) is 0 Å². The zero-order valence-corrected chi connectivity index (χ0v) is 25.3. The summed E-state index contributed by atoms with van der Waals surface area (Å²) in [7, 11) is -3.20.